The molecule has 0 aliphatic rings. The molecule has 1 aromatic carbocycles. The maximum atomic E-state index is 9.14. The van der Waals surface area contributed by atoms with Gasteiger partial charge in [0.05, 0.1) is 0 Å². The molecule has 0 saturated carbocycles. The van der Waals surface area contributed by atoms with Gasteiger partial charge in [-0.3, -0.25) is 0 Å². The van der Waals surface area contributed by atoms with E-state index in [-0.39, 0.29) is 5.56 Å². The fraction of sp³-hybridized carbons (Fsp3) is 0. The third-order valence-electron chi connectivity index (χ3n) is 1.83. The summed E-state index contributed by atoms with van der Waals surface area (Å²) in [6, 6.07) is 10.9. The van der Waals surface area contributed by atoms with Crippen LogP contribution in [0.25, 0.3) is 11.3 Å². The number of rotatable bonds is 1. The van der Waals surface area contributed by atoms with Crippen LogP contribution in [0.3, 0.4) is 0 Å². The normalized spacial score (nSPS) is 9.64. The summed E-state index contributed by atoms with van der Waals surface area (Å²) in [4.78, 5) is 0. The maximum absolute atomic E-state index is 9.14. The molecule has 0 fully saturated rings. The molecule has 4 nitrogen and oxygen atoms in total. The Morgan fingerprint density at radius 2 is 2.00 bits per heavy atom. The number of hydrogen-bond acceptors (Lipinski definition) is 4. The van der Waals surface area contributed by atoms with Gasteiger partial charge in [0.15, 0.2) is 5.56 Å². The molecule has 68 valence electrons. The molecule has 2 aromatic rings. The van der Waals surface area contributed by atoms with E-state index in [4.69, 9.17) is 10.4 Å². The van der Waals surface area contributed by atoms with Crippen LogP contribution in [0.1, 0.15) is 5.56 Å². The van der Waals surface area contributed by atoms with Crippen molar-refractivity contribution < 1.29 is 9.63 Å². The second-order valence-corrected chi connectivity index (χ2v) is 2.69. The highest BCUT2D eigenvalue weighted by Gasteiger charge is 2.15. The first-order valence-electron chi connectivity index (χ1n) is 3.97. The predicted molar refractivity (Wildman–Crippen MR) is 48.3 cm³/mol. The van der Waals surface area contributed by atoms with Gasteiger partial charge in [0.1, 0.15) is 11.8 Å². The molecule has 0 unspecified atom stereocenters. The highest BCUT2D eigenvalue weighted by molar-refractivity contribution is 5.67. The van der Waals surface area contributed by atoms with Crippen molar-refractivity contribution in [1.82, 2.24) is 5.16 Å². The van der Waals surface area contributed by atoms with Crippen LogP contribution in [0.4, 0.5) is 0 Å². The molecule has 4 heteroatoms. The second kappa shape index (κ2) is 3.23. The first-order valence-corrected chi connectivity index (χ1v) is 3.97. The lowest BCUT2D eigenvalue weighted by molar-refractivity contribution is 0.278. The number of nitrogens with zero attached hydrogens (tertiary/aromatic N) is 2. The molecular formula is C10H6N2O2. The largest absolute Gasteiger partial charge is 0.478 e. The molecule has 0 aliphatic heterocycles. The number of aromatic nitrogens is 1. The minimum absolute atomic E-state index is 0.0659. The molecule has 0 radical (unpaired) electrons. The molecule has 0 aliphatic carbocycles. The Labute approximate surface area is 80.0 Å². The summed E-state index contributed by atoms with van der Waals surface area (Å²) in [6.07, 6.45) is 0. The van der Waals surface area contributed by atoms with Crippen LogP contribution in [0.5, 0.6) is 5.95 Å². The average Bonchev–Trinajstić information content (AvgIpc) is 2.61. The van der Waals surface area contributed by atoms with E-state index in [9.17, 15) is 0 Å². The third-order valence-corrected chi connectivity index (χ3v) is 1.83. The molecule has 1 heterocycles. The highest BCUT2D eigenvalue weighted by Crippen LogP contribution is 2.28. The molecule has 0 amide bonds. The summed E-state index contributed by atoms with van der Waals surface area (Å²) in [7, 11) is 0. The van der Waals surface area contributed by atoms with Gasteiger partial charge in [0.2, 0.25) is 0 Å². The first-order chi connectivity index (χ1) is 6.83. The van der Waals surface area contributed by atoms with Crippen LogP contribution in [-0.2, 0) is 0 Å². The Balaban J connectivity index is 2.59. The van der Waals surface area contributed by atoms with Gasteiger partial charge in [0, 0.05) is 5.56 Å². The Hall–Kier alpha value is -2.28. The molecular weight excluding hydrogens is 180 g/mol. The van der Waals surface area contributed by atoms with Gasteiger partial charge >= 0.3 is 5.95 Å². The summed E-state index contributed by atoms with van der Waals surface area (Å²) in [5.74, 6) is -0.439. The fourth-order valence-electron chi connectivity index (χ4n) is 1.18. The van der Waals surface area contributed by atoms with Crippen LogP contribution >= 0.6 is 0 Å². The van der Waals surface area contributed by atoms with Gasteiger partial charge in [0.25, 0.3) is 0 Å². The molecule has 1 aromatic heterocycles. The van der Waals surface area contributed by atoms with Gasteiger partial charge < -0.3 is 9.63 Å². The molecule has 0 atom stereocenters. The van der Waals surface area contributed by atoms with Crippen molar-refractivity contribution in [3.8, 4) is 23.3 Å². The molecule has 14 heavy (non-hydrogen) atoms. The number of nitriles is 1. The summed E-state index contributed by atoms with van der Waals surface area (Å²) in [5.41, 5.74) is 1.18. The quantitative estimate of drug-likeness (QED) is 0.738. The van der Waals surface area contributed by atoms with E-state index < -0.39 is 5.95 Å². The van der Waals surface area contributed by atoms with Crippen LogP contribution < -0.4 is 0 Å². The van der Waals surface area contributed by atoms with E-state index in [1.54, 1.807) is 12.1 Å². The zero-order valence-corrected chi connectivity index (χ0v) is 7.14. The van der Waals surface area contributed by atoms with Crippen LogP contribution in [0.2, 0.25) is 0 Å². The smallest absolute Gasteiger partial charge is 0.327 e. The Morgan fingerprint density at radius 1 is 1.29 bits per heavy atom. The van der Waals surface area contributed by atoms with Crippen molar-refractivity contribution in [1.29, 1.82) is 5.26 Å². The third kappa shape index (κ3) is 1.21. The van der Waals surface area contributed by atoms with Crippen LogP contribution in [0, 0.1) is 11.3 Å². The highest BCUT2D eigenvalue weighted by atomic mass is 16.5. The monoisotopic (exact) mass is 186 g/mol. The Bertz CT molecular complexity index is 483. The first kappa shape index (κ1) is 8.32. The van der Waals surface area contributed by atoms with Crippen molar-refractivity contribution in [2.45, 2.75) is 0 Å². The van der Waals surface area contributed by atoms with Crippen molar-refractivity contribution in [3.63, 3.8) is 0 Å². The van der Waals surface area contributed by atoms with E-state index >= 15 is 0 Å². The fourth-order valence-corrected chi connectivity index (χ4v) is 1.18. The second-order valence-electron chi connectivity index (χ2n) is 2.69. The van der Waals surface area contributed by atoms with E-state index in [1.807, 2.05) is 24.3 Å². The van der Waals surface area contributed by atoms with Gasteiger partial charge in [-0.25, -0.2) is 0 Å². The summed E-state index contributed by atoms with van der Waals surface area (Å²) < 4.78 is 4.52. The molecule has 0 saturated heterocycles. The number of hydrogen-bond donors (Lipinski definition) is 1. The van der Waals surface area contributed by atoms with Crippen molar-refractivity contribution in [3.05, 3.63) is 35.9 Å². The number of benzene rings is 1. The summed E-state index contributed by atoms with van der Waals surface area (Å²) in [5, 5.41) is 21.5. The molecule has 1 N–H and O–H groups in total. The van der Waals surface area contributed by atoms with Crippen molar-refractivity contribution in [2.24, 2.45) is 0 Å². The van der Waals surface area contributed by atoms with E-state index in [0.717, 1.165) is 5.56 Å². The number of aromatic hydroxyl groups is 1. The van der Waals surface area contributed by atoms with E-state index in [1.165, 1.54) is 0 Å². The van der Waals surface area contributed by atoms with Crippen LogP contribution in [0.15, 0.2) is 34.9 Å². The van der Waals surface area contributed by atoms with E-state index in [0.29, 0.717) is 5.69 Å². The lowest BCUT2D eigenvalue weighted by Crippen LogP contribution is -1.80. The zero-order valence-electron chi connectivity index (χ0n) is 7.14. The average molecular weight is 186 g/mol. The van der Waals surface area contributed by atoms with Gasteiger partial charge in [-0.1, -0.05) is 35.5 Å². The minimum atomic E-state index is -0.439. The predicted octanol–water partition coefficient (Wildman–Crippen LogP) is 1.92. The van der Waals surface area contributed by atoms with Gasteiger partial charge in [-0.05, 0) is 0 Å². The van der Waals surface area contributed by atoms with Crippen molar-refractivity contribution in [2.75, 3.05) is 0 Å². The molecule has 2 rings (SSSR count). The minimum Gasteiger partial charge on any atom is -0.478 e. The topological polar surface area (TPSA) is 70.0 Å². The van der Waals surface area contributed by atoms with Gasteiger partial charge in [-0.2, -0.15) is 5.26 Å². The molecule has 0 bridgehead atoms. The summed E-state index contributed by atoms with van der Waals surface area (Å²) in [6.45, 7) is 0. The van der Waals surface area contributed by atoms with Crippen molar-refractivity contribution >= 4 is 0 Å². The lowest BCUT2D eigenvalue weighted by atomic mass is 10.1. The standard InChI is InChI=1S/C10H6N2O2/c11-6-8-9(12-14-10(8)13)7-4-2-1-3-5-7/h1-5,13H. The maximum Gasteiger partial charge on any atom is 0.327 e. The summed E-state index contributed by atoms with van der Waals surface area (Å²) >= 11 is 0. The SMILES string of the molecule is N#Cc1c(-c2ccccc2)noc1O. The van der Waals surface area contributed by atoms with E-state index in [2.05, 4.69) is 9.68 Å². The zero-order chi connectivity index (χ0) is 9.97. The molecule has 0 spiro atoms. The Morgan fingerprint density at radius 3 is 2.64 bits per heavy atom. The van der Waals surface area contributed by atoms with Crippen LogP contribution in [-0.4, -0.2) is 10.3 Å². The lowest BCUT2D eigenvalue weighted by Gasteiger charge is -1.93. The van der Waals surface area contributed by atoms with Gasteiger partial charge in [-0.15, -0.1) is 0 Å². The Kier molecular flexibility index (Phi) is 1.92.